The maximum Gasteiger partial charge on any atom is 0.414 e. The lowest BCUT2D eigenvalue weighted by Crippen LogP contribution is -2.38. The van der Waals surface area contributed by atoms with E-state index in [2.05, 4.69) is 4.98 Å². The second-order valence-corrected chi connectivity index (χ2v) is 6.36. The number of hydrogen-bond acceptors (Lipinski definition) is 3. The first-order valence-electron chi connectivity index (χ1n) is 7.95. The Morgan fingerprint density at radius 2 is 1.92 bits per heavy atom. The molecule has 0 spiro atoms. The number of carbonyl (C=O) groups is 1. The number of nitrogens with zero attached hydrogens (tertiary/aromatic N) is 1. The van der Waals surface area contributed by atoms with Crippen LogP contribution in [-0.4, -0.2) is 23.7 Å². The Balaban J connectivity index is 1.76. The number of rotatable bonds is 3. The molecule has 1 N–H and O–H groups in total. The van der Waals surface area contributed by atoms with E-state index in [1.165, 1.54) is 11.1 Å². The predicted octanol–water partition coefficient (Wildman–Crippen LogP) is 3.75. The third-order valence-electron chi connectivity index (χ3n) is 4.38. The van der Waals surface area contributed by atoms with Crippen LogP contribution < -0.4 is 10.3 Å². The number of ether oxygens (including phenoxy) is 1. The molecule has 1 amide bonds. The molecule has 126 valence electrons. The van der Waals surface area contributed by atoms with Crippen LogP contribution in [0, 0.1) is 0 Å². The maximum absolute atomic E-state index is 12.9. The average Bonchev–Trinajstić information content (AvgIpc) is 2.97. The van der Waals surface area contributed by atoms with Gasteiger partial charge in [-0.1, -0.05) is 48.0 Å². The minimum absolute atomic E-state index is 0.229. The van der Waals surface area contributed by atoms with Gasteiger partial charge in [-0.25, -0.2) is 4.79 Å². The van der Waals surface area contributed by atoms with E-state index in [-0.39, 0.29) is 23.8 Å². The van der Waals surface area contributed by atoms with Crippen molar-refractivity contribution in [3.8, 4) is 0 Å². The number of benzene rings is 2. The van der Waals surface area contributed by atoms with Gasteiger partial charge in [0.1, 0.15) is 12.3 Å². The number of cyclic esters (lactones) is 1. The summed E-state index contributed by atoms with van der Waals surface area (Å²) in [7, 11) is 0. The highest BCUT2D eigenvalue weighted by atomic mass is 35.5. The highest BCUT2D eigenvalue weighted by Gasteiger charge is 2.36. The van der Waals surface area contributed by atoms with Gasteiger partial charge >= 0.3 is 6.09 Å². The third-order valence-corrected chi connectivity index (χ3v) is 4.69. The second-order valence-electron chi connectivity index (χ2n) is 5.96. The topological polar surface area (TPSA) is 62.4 Å². The second kappa shape index (κ2) is 6.26. The van der Waals surface area contributed by atoms with Crippen molar-refractivity contribution in [2.24, 2.45) is 0 Å². The number of halogens is 1. The first-order valence-corrected chi connectivity index (χ1v) is 8.33. The minimum Gasteiger partial charge on any atom is -0.447 e. The fourth-order valence-corrected chi connectivity index (χ4v) is 3.40. The van der Waals surface area contributed by atoms with Gasteiger partial charge in [0.05, 0.1) is 16.6 Å². The van der Waals surface area contributed by atoms with Crippen LogP contribution in [-0.2, 0) is 11.2 Å². The van der Waals surface area contributed by atoms with Gasteiger partial charge in [0.2, 0.25) is 5.43 Å². The van der Waals surface area contributed by atoms with Crippen molar-refractivity contribution >= 4 is 34.3 Å². The summed E-state index contributed by atoms with van der Waals surface area (Å²) in [4.78, 5) is 29.6. The number of pyridine rings is 1. The fourth-order valence-electron chi connectivity index (χ4n) is 3.18. The Hall–Kier alpha value is -2.79. The lowest BCUT2D eigenvalue weighted by Gasteiger charge is -2.21. The van der Waals surface area contributed by atoms with E-state index >= 15 is 0 Å². The molecular weight excluding hydrogens is 340 g/mol. The Bertz CT molecular complexity index is 1000. The van der Waals surface area contributed by atoms with Gasteiger partial charge in [0.15, 0.2) is 0 Å². The number of aromatic nitrogens is 1. The molecule has 0 radical (unpaired) electrons. The minimum atomic E-state index is -0.507. The van der Waals surface area contributed by atoms with Crippen molar-refractivity contribution < 1.29 is 9.53 Å². The number of para-hydroxylation sites is 1. The zero-order valence-corrected chi connectivity index (χ0v) is 14.0. The molecule has 2 heterocycles. The summed E-state index contributed by atoms with van der Waals surface area (Å²) >= 11 is 6.13. The number of amides is 1. The van der Waals surface area contributed by atoms with Crippen molar-refractivity contribution in [2.45, 2.75) is 12.5 Å². The summed E-state index contributed by atoms with van der Waals surface area (Å²) in [6.07, 6.45) is 1.63. The van der Waals surface area contributed by atoms with E-state index < -0.39 is 6.09 Å². The number of hydrogen-bond donors (Lipinski definition) is 1. The fraction of sp³-hybridized carbons (Fsp3) is 0.158. The highest BCUT2D eigenvalue weighted by Crippen LogP contribution is 2.25. The van der Waals surface area contributed by atoms with Gasteiger partial charge in [-0.2, -0.15) is 0 Å². The summed E-state index contributed by atoms with van der Waals surface area (Å²) in [6, 6.07) is 14.7. The van der Waals surface area contributed by atoms with Gasteiger partial charge in [-0.05, 0) is 24.1 Å². The molecule has 3 aromatic rings. The largest absolute Gasteiger partial charge is 0.447 e. The summed E-state index contributed by atoms with van der Waals surface area (Å²) in [5.41, 5.74) is 1.67. The van der Waals surface area contributed by atoms with Crippen LogP contribution in [0.5, 0.6) is 0 Å². The Labute approximate surface area is 148 Å². The predicted molar refractivity (Wildman–Crippen MR) is 97.3 cm³/mol. The quantitative estimate of drug-likeness (QED) is 0.779. The van der Waals surface area contributed by atoms with E-state index in [0.29, 0.717) is 22.3 Å². The van der Waals surface area contributed by atoms with E-state index in [1.807, 2.05) is 30.3 Å². The van der Waals surface area contributed by atoms with Gasteiger partial charge in [-0.3, -0.25) is 9.69 Å². The number of nitrogens with one attached hydrogen (secondary N) is 1. The molecule has 5 nitrogen and oxygen atoms in total. The Morgan fingerprint density at radius 3 is 2.72 bits per heavy atom. The summed E-state index contributed by atoms with van der Waals surface area (Å²) in [5.74, 6) is 0. The molecular formula is C19H15ClN2O3. The summed E-state index contributed by atoms with van der Waals surface area (Å²) in [5, 5.41) is 0.911. The third kappa shape index (κ3) is 2.76. The summed E-state index contributed by atoms with van der Waals surface area (Å²) in [6.45, 7) is 0.251. The van der Waals surface area contributed by atoms with Crippen molar-refractivity contribution in [2.75, 3.05) is 11.5 Å². The normalized spacial score (nSPS) is 17.1. The molecule has 1 aliphatic heterocycles. The number of carbonyl (C=O) groups excluding carboxylic acids is 1. The van der Waals surface area contributed by atoms with Crippen molar-refractivity contribution in [1.29, 1.82) is 0 Å². The van der Waals surface area contributed by atoms with Crippen molar-refractivity contribution in [1.82, 2.24) is 4.98 Å². The monoisotopic (exact) mass is 354 g/mol. The smallest absolute Gasteiger partial charge is 0.414 e. The van der Waals surface area contributed by atoms with Gasteiger partial charge in [0.25, 0.3) is 0 Å². The molecule has 1 atom stereocenters. The van der Waals surface area contributed by atoms with E-state index in [1.54, 1.807) is 18.2 Å². The van der Waals surface area contributed by atoms with Crippen LogP contribution in [0.2, 0.25) is 5.02 Å². The zero-order valence-electron chi connectivity index (χ0n) is 13.2. The summed E-state index contributed by atoms with van der Waals surface area (Å²) < 4.78 is 5.20. The Kier molecular flexibility index (Phi) is 3.93. The van der Waals surface area contributed by atoms with Crippen molar-refractivity contribution in [3.63, 3.8) is 0 Å². The number of fused-ring (bicyclic) bond motifs is 1. The standard InChI is InChI=1S/C19H15ClN2O3/c20-15-8-4-7-14-17(15)21-10-16(18(14)23)22-13(11-25-19(22)24)9-12-5-2-1-3-6-12/h1-8,10,13H,9,11H2,(H,21,23). The van der Waals surface area contributed by atoms with Crippen LogP contribution in [0.4, 0.5) is 10.5 Å². The van der Waals surface area contributed by atoms with Crippen LogP contribution >= 0.6 is 11.6 Å². The van der Waals surface area contributed by atoms with E-state index in [0.717, 1.165) is 5.56 Å². The van der Waals surface area contributed by atoms with Gasteiger partial charge in [-0.15, -0.1) is 0 Å². The first kappa shape index (κ1) is 15.7. The molecule has 25 heavy (non-hydrogen) atoms. The molecule has 1 aliphatic rings. The van der Waals surface area contributed by atoms with Gasteiger partial charge in [0, 0.05) is 11.6 Å². The number of anilines is 1. The van der Waals surface area contributed by atoms with Crippen LogP contribution in [0.25, 0.3) is 10.9 Å². The number of aromatic amines is 1. The molecule has 4 rings (SSSR count). The molecule has 1 aromatic heterocycles. The first-order chi connectivity index (χ1) is 12.1. The molecule has 1 fully saturated rings. The lowest BCUT2D eigenvalue weighted by atomic mass is 10.1. The Morgan fingerprint density at radius 1 is 1.12 bits per heavy atom. The molecule has 1 saturated heterocycles. The SMILES string of the molecule is O=C1OCC(Cc2ccccc2)N1c1c[nH]c2c(Cl)cccc2c1=O. The maximum atomic E-state index is 12.9. The molecule has 0 bridgehead atoms. The van der Waals surface area contributed by atoms with Crippen LogP contribution in [0.3, 0.4) is 0 Å². The molecule has 6 heteroatoms. The highest BCUT2D eigenvalue weighted by molar-refractivity contribution is 6.35. The van der Waals surface area contributed by atoms with E-state index in [4.69, 9.17) is 16.3 Å². The molecule has 2 aromatic carbocycles. The molecule has 0 saturated carbocycles. The van der Waals surface area contributed by atoms with Crippen molar-refractivity contribution in [3.05, 3.63) is 75.5 Å². The van der Waals surface area contributed by atoms with Crippen LogP contribution in [0.1, 0.15) is 5.56 Å². The molecule has 0 aliphatic carbocycles. The van der Waals surface area contributed by atoms with E-state index in [9.17, 15) is 9.59 Å². The average molecular weight is 355 g/mol. The molecule has 1 unspecified atom stereocenters. The number of H-pyrrole nitrogens is 1. The zero-order chi connectivity index (χ0) is 17.4. The lowest BCUT2D eigenvalue weighted by molar-refractivity contribution is 0.178. The van der Waals surface area contributed by atoms with Gasteiger partial charge < -0.3 is 9.72 Å². The van der Waals surface area contributed by atoms with Crippen LogP contribution in [0.15, 0.2) is 59.5 Å².